The molecule has 0 bridgehead atoms. The van der Waals surface area contributed by atoms with Crippen molar-refractivity contribution in [2.24, 2.45) is 0 Å². The summed E-state index contributed by atoms with van der Waals surface area (Å²) in [5.41, 5.74) is 0. The molecule has 0 fully saturated rings. The highest BCUT2D eigenvalue weighted by molar-refractivity contribution is 5.71. The van der Waals surface area contributed by atoms with Gasteiger partial charge in [0, 0.05) is 19.3 Å². The second kappa shape index (κ2) is 57.4. The molecule has 398 valence electrons. The van der Waals surface area contributed by atoms with Gasteiger partial charge in [-0.05, 0) is 116 Å². The largest absolute Gasteiger partial charge is 0.462 e. The Labute approximate surface area is 427 Å². The summed E-state index contributed by atoms with van der Waals surface area (Å²) in [6.45, 7) is 6.57. The molecule has 6 nitrogen and oxygen atoms in total. The van der Waals surface area contributed by atoms with E-state index in [-0.39, 0.29) is 31.1 Å². The summed E-state index contributed by atoms with van der Waals surface area (Å²) in [4.78, 5) is 38.2. The van der Waals surface area contributed by atoms with E-state index in [1.54, 1.807) is 0 Å². The van der Waals surface area contributed by atoms with Crippen LogP contribution >= 0.6 is 0 Å². The van der Waals surface area contributed by atoms with Gasteiger partial charge in [-0.15, -0.1) is 0 Å². The zero-order valence-corrected chi connectivity index (χ0v) is 45.6. The molecule has 0 aliphatic rings. The Morgan fingerprint density at radius 1 is 0.290 bits per heavy atom. The SMILES string of the molecule is CCCCC/C=C/C/C=C/C/C=C/CCCCCCC(=O)O[C@H](COC(=O)CCCCCCCCC/C=C/CCCCCC)COC(=O)CCCCCCCCCCC/C=C/C/C=C/CCCCC. The van der Waals surface area contributed by atoms with Crippen LogP contribution in [-0.4, -0.2) is 37.2 Å². The number of allylic oxidation sites excluding steroid dienone is 12. The summed E-state index contributed by atoms with van der Waals surface area (Å²) in [6, 6.07) is 0. The minimum absolute atomic E-state index is 0.0874. The topological polar surface area (TPSA) is 78.9 Å². The van der Waals surface area contributed by atoms with Crippen molar-refractivity contribution in [3.63, 3.8) is 0 Å². The zero-order chi connectivity index (χ0) is 50.0. The molecule has 0 aromatic carbocycles. The van der Waals surface area contributed by atoms with Crippen LogP contribution in [0.15, 0.2) is 72.9 Å². The molecule has 69 heavy (non-hydrogen) atoms. The van der Waals surface area contributed by atoms with Crippen LogP contribution in [0.5, 0.6) is 0 Å². The van der Waals surface area contributed by atoms with E-state index in [0.29, 0.717) is 19.3 Å². The van der Waals surface area contributed by atoms with Crippen LogP contribution < -0.4 is 0 Å². The summed E-state index contributed by atoms with van der Waals surface area (Å²) in [5.74, 6) is -0.909. The quantitative estimate of drug-likeness (QED) is 0.0262. The maximum atomic E-state index is 12.9. The molecule has 0 saturated carbocycles. The van der Waals surface area contributed by atoms with Gasteiger partial charge < -0.3 is 14.2 Å². The normalized spacial score (nSPS) is 12.6. The van der Waals surface area contributed by atoms with Crippen molar-refractivity contribution in [2.45, 2.75) is 297 Å². The minimum Gasteiger partial charge on any atom is -0.462 e. The van der Waals surface area contributed by atoms with Crippen molar-refractivity contribution in [3.8, 4) is 0 Å². The van der Waals surface area contributed by atoms with Gasteiger partial charge in [0.05, 0.1) is 0 Å². The number of esters is 3. The third-order valence-electron chi connectivity index (χ3n) is 12.7. The Bertz CT molecular complexity index is 1290. The van der Waals surface area contributed by atoms with E-state index in [1.807, 2.05) is 0 Å². The fourth-order valence-electron chi connectivity index (χ4n) is 8.18. The van der Waals surface area contributed by atoms with E-state index in [2.05, 4.69) is 93.7 Å². The second-order valence-electron chi connectivity index (χ2n) is 19.5. The average Bonchev–Trinajstić information content (AvgIpc) is 3.35. The highest BCUT2D eigenvalue weighted by Crippen LogP contribution is 2.15. The van der Waals surface area contributed by atoms with Crippen LogP contribution in [0, 0.1) is 0 Å². The van der Waals surface area contributed by atoms with Crippen molar-refractivity contribution in [3.05, 3.63) is 72.9 Å². The standard InChI is InChI=1S/C63H110O6/c1-4-7-10-13-16-19-22-25-28-30-31-33-35-38-41-44-47-50-53-56-62(65)68-59-60(58-67-61(64)55-52-49-46-43-40-37-34-27-24-21-18-15-12-9-6-3)69-63(66)57-54-51-48-45-42-39-36-32-29-26-23-20-17-14-11-8-5-2/h16-17,19-21,24-26,28-29,36,39,60H,4-15,18,22-23,27,30-35,37-38,40-59H2,1-3H3/b19-16+,20-17+,24-21+,28-25+,29-26+,39-36+/t60-/m1/s1. The number of carbonyl (C=O) groups is 3. The number of hydrogen-bond donors (Lipinski definition) is 0. The smallest absolute Gasteiger partial charge is 0.306 e. The van der Waals surface area contributed by atoms with E-state index in [0.717, 1.165) is 89.9 Å². The van der Waals surface area contributed by atoms with Gasteiger partial charge in [-0.3, -0.25) is 14.4 Å². The maximum absolute atomic E-state index is 12.9. The van der Waals surface area contributed by atoms with Gasteiger partial charge in [0.2, 0.25) is 0 Å². The van der Waals surface area contributed by atoms with Crippen LogP contribution in [0.3, 0.4) is 0 Å². The number of hydrogen-bond acceptors (Lipinski definition) is 6. The molecule has 0 aromatic rings. The molecule has 0 rings (SSSR count). The molecule has 0 N–H and O–H groups in total. The molecule has 0 unspecified atom stereocenters. The molecule has 0 amide bonds. The predicted molar refractivity (Wildman–Crippen MR) is 298 cm³/mol. The molecule has 0 saturated heterocycles. The minimum atomic E-state index is -0.791. The number of rotatable bonds is 53. The van der Waals surface area contributed by atoms with E-state index in [4.69, 9.17) is 14.2 Å². The molecule has 0 spiro atoms. The summed E-state index contributed by atoms with van der Waals surface area (Å²) in [5, 5.41) is 0. The van der Waals surface area contributed by atoms with Crippen LogP contribution in [0.4, 0.5) is 0 Å². The lowest BCUT2D eigenvalue weighted by Gasteiger charge is -2.18. The van der Waals surface area contributed by atoms with E-state index in [9.17, 15) is 14.4 Å². The second-order valence-corrected chi connectivity index (χ2v) is 19.5. The number of ether oxygens (including phenoxy) is 3. The van der Waals surface area contributed by atoms with E-state index in [1.165, 1.54) is 161 Å². The van der Waals surface area contributed by atoms with Crippen molar-refractivity contribution in [2.75, 3.05) is 13.2 Å². The fourth-order valence-corrected chi connectivity index (χ4v) is 8.18. The number of carbonyl (C=O) groups excluding carboxylic acids is 3. The molecule has 0 aromatic heterocycles. The predicted octanol–water partition coefficient (Wildman–Crippen LogP) is 19.8. The number of unbranched alkanes of at least 4 members (excludes halogenated alkanes) is 30. The summed E-state index contributed by atoms with van der Waals surface area (Å²) < 4.78 is 16.9. The Hall–Kier alpha value is -3.15. The fraction of sp³-hybridized carbons (Fsp3) is 0.762. The first-order chi connectivity index (χ1) is 34.0. The van der Waals surface area contributed by atoms with E-state index >= 15 is 0 Å². The van der Waals surface area contributed by atoms with Gasteiger partial charge in [-0.1, -0.05) is 229 Å². The lowest BCUT2D eigenvalue weighted by Crippen LogP contribution is -2.30. The highest BCUT2D eigenvalue weighted by atomic mass is 16.6. The lowest BCUT2D eigenvalue weighted by atomic mass is 10.1. The highest BCUT2D eigenvalue weighted by Gasteiger charge is 2.19. The van der Waals surface area contributed by atoms with Crippen molar-refractivity contribution < 1.29 is 28.6 Å². The van der Waals surface area contributed by atoms with Gasteiger partial charge in [-0.25, -0.2) is 0 Å². The lowest BCUT2D eigenvalue weighted by molar-refractivity contribution is -0.167. The monoisotopic (exact) mass is 963 g/mol. The summed E-state index contributed by atoms with van der Waals surface area (Å²) >= 11 is 0. The molecule has 0 radical (unpaired) electrons. The van der Waals surface area contributed by atoms with Gasteiger partial charge in [-0.2, -0.15) is 0 Å². The Kier molecular flexibility index (Phi) is 54.8. The van der Waals surface area contributed by atoms with Gasteiger partial charge in [0.1, 0.15) is 13.2 Å². The summed E-state index contributed by atoms with van der Waals surface area (Å²) in [6.07, 6.45) is 73.1. The van der Waals surface area contributed by atoms with E-state index < -0.39 is 6.10 Å². The third-order valence-corrected chi connectivity index (χ3v) is 12.7. The zero-order valence-electron chi connectivity index (χ0n) is 45.6. The first-order valence-electron chi connectivity index (χ1n) is 29.4. The molecular formula is C63H110O6. The van der Waals surface area contributed by atoms with Crippen LogP contribution in [0.25, 0.3) is 0 Å². The molecule has 0 aliphatic carbocycles. The Morgan fingerprint density at radius 2 is 0.522 bits per heavy atom. The third kappa shape index (κ3) is 55.6. The Balaban J connectivity index is 4.42. The molecule has 0 aliphatic heterocycles. The Morgan fingerprint density at radius 3 is 0.855 bits per heavy atom. The van der Waals surface area contributed by atoms with Crippen LogP contribution in [-0.2, 0) is 28.6 Å². The maximum Gasteiger partial charge on any atom is 0.306 e. The van der Waals surface area contributed by atoms with Gasteiger partial charge in [0.25, 0.3) is 0 Å². The molecule has 1 atom stereocenters. The molecular weight excluding hydrogens is 853 g/mol. The van der Waals surface area contributed by atoms with Crippen molar-refractivity contribution in [1.82, 2.24) is 0 Å². The molecule has 0 heterocycles. The first-order valence-corrected chi connectivity index (χ1v) is 29.4. The first kappa shape index (κ1) is 65.8. The van der Waals surface area contributed by atoms with Crippen molar-refractivity contribution in [1.29, 1.82) is 0 Å². The summed E-state index contributed by atoms with van der Waals surface area (Å²) in [7, 11) is 0. The molecule has 6 heteroatoms. The van der Waals surface area contributed by atoms with Crippen LogP contribution in [0.1, 0.15) is 290 Å². The van der Waals surface area contributed by atoms with Crippen molar-refractivity contribution >= 4 is 17.9 Å². The van der Waals surface area contributed by atoms with Crippen LogP contribution in [0.2, 0.25) is 0 Å². The average molecular weight is 964 g/mol. The van der Waals surface area contributed by atoms with Gasteiger partial charge >= 0.3 is 17.9 Å². The van der Waals surface area contributed by atoms with Gasteiger partial charge in [0.15, 0.2) is 6.10 Å².